The van der Waals surface area contributed by atoms with Gasteiger partial charge < -0.3 is 10.1 Å². The van der Waals surface area contributed by atoms with Gasteiger partial charge >= 0.3 is 0 Å². The summed E-state index contributed by atoms with van der Waals surface area (Å²) in [5.41, 5.74) is 2.49. The highest BCUT2D eigenvalue weighted by Crippen LogP contribution is 2.31. The summed E-state index contributed by atoms with van der Waals surface area (Å²) in [6.07, 6.45) is 1.68. The molecule has 2 aromatic rings. The quantitative estimate of drug-likeness (QED) is 0.889. The van der Waals surface area contributed by atoms with Gasteiger partial charge in [0.2, 0.25) is 0 Å². The molecule has 1 N–H and O–H groups in total. The molecule has 0 amide bonds. The topological polar surface area (TPSA) is 39.1 Å². The number of benzene rings is 1. The molecule has 0 aliphatic heterocycles. The number of methoxy groups -OCH3 is 1. The second-order valence-electron chi connectivity index (χ2n) is 4.93. The average molecular weight is 291 g/mol. The standard InChI is InChI=1S/C16H22FN3O/c1-5-18-15(12-9-11(3)7-8-13(12)17)16-14(21-4)10-19-20(16)6-2/h7-10,15,18H,5-6H2,1-4H3. The Balaban J connectivity index is 2.58. The number of aryl methyl sites for hydroxylation is 2. The van der Waals surface area contributed by atoms with E-state index >= 15 is 0 Å². The lowest BCUT2D eigenvalue weighted by atomic mass is 10.00. The molecule has 1 heterocycles. The van der Waals surface area contributed by atoms with E-state index in [-0.39, 0.29) is 11.9 Å². The largest absolute Gasteiger partial charge is 0.493 e. The Bertz CT molecular complexity index is 588. The van der Waals surface area contributed by atoms with Gasteiger partial charge in [0.1, 0.15) is 11.5 Å². The van der Waals surface area contributed by atoms with Crippen molar-refractivity contribution in [3.8, 4) is 5.75 Å². The normalized spacial score (nSPS) is 12.4. The molecule has 1 atom stereocenters. The fourth-order valence-corrected chi connectivity index (χ4v) is 2.52. The van der Waals surface area contributed by atoms with Gasteiger partial charge in [-0.05, 0) is 26.5 Å². The van der Waals surface area contributed by atoms with Gasteiger partial charge in [-0.3, -0.25) is 4.68 Å². The molecule has 0 fully saturated rings. The van der Waals surface area contributed by atoms with E-state index in [1.54, 1.807) is 19.4 Å². The highest BCUT2D eigenvalue weighted by atomic mass is 19.1. The van der Waals surface area contributed by atoms with Crippen molar-refractivity contribution in [2.45, 2.75) is 33.4 Å². The maximum atomic E-state index is 14.3. The monoisotopic (exact) mass is 291 g/mol. The van der Waals surface area contributed by atoms with Crippen LogP contribution in [0.15, 0.2) is 24.4 Å². The Hall–Kier alpha value is -1.88. The first-order chi connectivity index (χ1) is 10.1. The number of rotatable bonds is 6. The van der Waals surface area contributed by atoms with Crippen LogP contribution in [-0.2, 0) is 6.54 Å². The van der Waals surface area contributed by atoms with Crippen LogP contribution in [0.3, 0.4) is 0 Å². The molecule has 0 aliphatic rings. The van der Waals surface area contributed by atoms with Crippen LogP contribution in [0.1, 0.15) is 36.7 Å². The summed E-state index contributed by atoms with van der Waals surface area (Å²) in [5.74, 6) is 0.446. The molecule has 1 unspecified atom stereocenters. The fraction of sp³-hybridized carbons (Fsp3) is 0.438. The van der Waals surface area contributed by atoms with Crippen LogP contribution in [0.25, 0.3) is 0 Å². The molecule has 0 aliphatic carbocycles. The Kier molecular flexibility index (Phi) is 4.96. The van der Waals surface area contributed by atoms with Crippen molar-refractivity contribution >= 4 is 0 Å². The first-order valence-corrected chi connectivity index (χ1v) is 7.21. The summed E-state index contributed by atoms with van der Waals surface area (Å²) in [6.45, 7) is 7.38. The number of aromatic nitrogens is 2. The van der Waals surface area contributed by atoms with E-state index in [9.17, 15) is 4.39 Å². The molecular formula is C16H22FN3O. The molecule has 2 rings (SSSR count). The van der Waals surface area contributed by atoms with Crippen molar-refractivity contribution in [1.82, 2.24) is 15.1 Å². The molecule has 21 heavy (non-hydrogen) atoms. The highest BCUT2D eigenvalue weighted by Gasteiger charge is 2.25. The zero-order chi connectivity index (χ0) is 15.4. The van der Waals surface area contributed by atoms with Crippen LogP contribution in [0.4, 0.5) is 4.39 Å². The van der Waals surface area contributed by atoms with E-state index in [2.05, 4.69) is 10.4 Å². The lowest BCUT2D eigenvalue weighted by Crippen LogP contribution is -2.26. The lowest BCUT2D eigenvalue weighted by molar-refractivity contribution is 0.398. The zero-order valence-corrected chi connectivity index (χ0v) is 13.0. The van der Waals surface area contributed by atoms with Gasteiger partial charge in [0.25, 0.3) is 0 Å². The Morgan fingerprint density at radius 2 is 2.14 bits per heavy atom. The summed E-state index contributed by atoms with van der Waals surface area (Å²) in [6, 6.07) is 4.87. The van der Waals surface area contributed by atoms with Gasteiger partial charge in [0, 0.05) is 12.1 Å². The molecule has 0 spiro atoms. The zero-order valence-electron chi connectivity index (χ0n) is 13.0. The van der Waals surface area contributed by atoms with Gasteiger partial charge in [-0.1, -0.05) is 24.6 Å². The molecule has 0 saturated heterocycles. The molecule has 1 aromatic carbocycles. The van der Waals surface area contributed by atoms with Gasteiger partial charge in [0.05, 0.1) is 19.3 Å². The maximum absolute atomic E-state index is 14.3. The smallest absolute Gasteiger partial charge is 0.161 e. The summed E-state index contributed by atoms with van der Waals surface area (Å²) >= 11 is 0. The van der Waals surface area contributed by atoms with Crippen molar-refractivity contribution in [3.05, 3.63) is 47.0 Å². The number of hydrogen-bond donors (Lipinski definition) is 1. The second-order valence-corrected chi connectivity index (χ2v) is 4.93. The maximum Gasteiger partial charge on any atom is 0.161 e. The van der Waals surface area contributed by atoms with Gasteiger partial charge in [-0.25, -0.2) is 4.39 Å². The van der Waals surface area contributed by atoms with Gasteiger partial charge in [0.15, 0.2) is 5.75 Å². The minimum atomic E-state index is -0.285. The van der Waals surface area contributed by atoms with Crippen LogP contribution < -0.4 is 10.1 Å². The predicted molar refractivity (Wildman–Crippen MR) is 81.1 cm³/mol. The van der Waals surface area contributed by atoms with Gasteiger partial charge in [-0.15, -0.1) is 0 Å². The predicted octanol–water partition coefficient (Wildman–Crippen LogP) is 3.06. The van der Waals surface area contributed by atoms with Crippen LogP contribution in [-0.4, -0.2) is 23.4 Å². The van der Waals surface area contributed by atoms with Crippen LogP contribution >= 0.6 is 0 Å². The molecule has 5 heteroatoms. The van der Waals surface area contributed by atoms with Crippen LogP contribution in [0.2, 0.25) is 0 Å². The molecule has 0 radical (unpaired) electrons. The van der Waals surface area contributed by atoms with E-state index in [0.717, 1.165) is 17.8 Å². The molecule has 0 saturated carbocycles. The number of hydrogen-bond acceptors (Lipinski definition) is 3. The number of halogens is 1. The number of nitrogens with zero attached hydrogens (tertiary/aromatic N) is 2. The summed E-state index contributed by atoms with van der Waals surface area (Å²) in [5, 5.41) is 7.65. The summed E-state index contributed by atoms with van der Waals surface area (Å²) in [4.78, 5) is 0. The van der Waals surface area contributed by atoms with E-state index in [4.69, 9.17) is 4.74 Å². The first-order valence-electron chi connectivity index (χ1n) is 7.21. The van der Waals surface area contributed by atoms with Gasteiger partial charge in [-0.2, -0.15) is 5.10 Å². The first kappa shape index (κ1) is 15.5. The fourth-order valence-electron chi connectivity index (χ4n) is 2.52. The SMILES string of the molecule is CCNC(c1cc(C)ccc1F)c1c(OC)cnn1CC. The Morgan fingerprint density at radius 1 is 1.38 bits per heavy atom. The summed E-state index contributed by atoms with van der Waals surface area (Å²) in [7, 11) is 1.61. The van der Waals surface area contributed by atoms with E-state index in [1.807, 2.05) is 31.5 Å². The number of ether oxygens (including phenoxy) is 1. The second kappa shape index (κ2) is 6.72. The molecule has 4 nitrogen and oxygen atoms in total. The average Bonchev–Trinajstić information content (AvgIpc) is 2.90. The van der Waals surface area contributed by atoms with Crippen molar-refractivity contribution in [1.29, 1.82) is 0 Å². The third kappa shape index (κ3) is 3.08. The van der Waals surface area contributed by atoms with E-state index in [1.165, 1.54) is 6.07 Å². The minimum absolute atomic E-state index is 0.225. The minimum Gasteiger partial charge on any atom is -0.493 e. The van der Waals surface area contributed by atoms with Crippen molar-refractivity contribution < 1.29 is 9.13 Å². The lowest BCUT2D eigenvalue weighted by Gasteiger charge is -2.21. The van der Waals surface area contributed by atoms with E-state index < -0.39 is 0 Å². The van der Waals surface area contributed by atoms with E-state index in [0.29, 0.717) is 17.9 Å². The Morgan fingerprint density at radius 3 is 2.76 bits per heavy atom. The van der Waals surface area contributed by atoms with Crippen molar-refractivity contribution in [2.24, 2.45) is 0 Å². The third-order valence-electron chi connectivity index (χ3n) is 3.51. The third-order valence-corrected chi connectivity index (χ3v) is 3.51. The van der Waals surface area contributed by atoms with Crippen LogP contribution in [0.5, 0.6) is 5.75 Å². The van der Waals surface area contributed by atoms with Crippen molar-refractivity contribution in [2.75, 3.05) is 13.7 Å². The number of nitrogens with one attached hydrogen (secondary N) is 1. The molecule has 1 aromatic heterocycles. The molecule has 114 valence electrons. The summed E-state index contributed by atoms with van der Waals surface area (Å²) < 4.78 is 21.5. The molecule has 0 bridgehead atoms. The molecular weight excluding hydrogens is 269 g/mol. The highest BCUT2D eigenvalue weighted by molar-refractivity contribution is 5.38. The van der Waals surface area contributed by atoms with Crippen molar-refractivity contribution in [3.63, 3.8) is 0 Å². The Labute approximate surface area is 124 Å². The van der Waals surface area contributed by atoms with Crippen LogP contribution in [0, 0.1) is 12.7 Å².